The van der Waals surface area contributed by atoms with Crippen LogP contribution in [0.3, 0.4) is 0 Å². The van der Waals surface area contributed by atoms with E-state index in [4.69, 9.17) is 0 Å². The van der Waals surface area contributed by atoms with E-state index in [1.165, 1.54) is 23.6 Å². The number of amides is 1. The quantitative estimate of drug-likeness (QED) is 0.839. The second-order valence-corrected chi connectivity index (χ2v) is 9.26. The molecule has 4 rings (SSSR count). The average molecular weight is 348 g/mol. The van der Waals surface area contributed by atoms with Crippen molar-refractivity contribution in [3.63, 3.8) is 0 Å². The maximum Gasteiger partial charge on any atom is 0.243 e. The van der Waals surface area contributed by atoms with Crippen LogP contribution in [0.2, 0.25) is 0 Å². The summed E-state index contributed by atoms with van der Waals surface area (Å²) in [5.74, 6) is 1.79. The molecule has 1 aromatic carbocycles. The van der Waals surface area contributed by atoms with Gasteiger partial charge in [-0.15, -0.1) is 0 Å². The van der Waals surface area contributed by atoms with Gasteiger partial charge in [0.1, 0.15) is 0 Å². The number of carbonyl (C=O) groups excluding carboxylic acids is 1. The lowest BCUT2D eigenvalue weighted by Crippen LogP contribution is -2.52. The van der Waals surface area contributed by atoms with Crippen LogP contribution >= 0.6 is 0 Å². The van der Waals surface area contributed by atoms with Crippen LogP contribution in [0.4, 0.5) is 0 Å². The Morgan fingerprint density at radius 3 is 2.25 bits per heavy atom. The zero-order valence-electron chi connectivity index (χ0n) is 13.8. The molecule has 6 heteroatoms. The maximum absolute atomic E-state index is 12.8. The van der Waals surface area contributed by atoms with Crippen molar-refractivity contribution in [3.8, 4) is 0 Å². The predicted octanol–water partition coefficient (Wildman–Crippen LogP) is 1.96. The third-order valence-electron chi connectivity index (χ3n) is 5.99. The Bertz CT molecular complexity index is 711. The number of piperazine rings is 1. The molecule has 2 bridgehead atoms. The SMILES string of the molecule is O=C([C@H]1C[C@H]2CC[C@H]1C2)N1CCN(S(=O)(=O)c2ccccc2)CC1. The molecular formula is C18H24N2O3S. The molecule has 5 nitrogen and oxygen atoms in total. The maximum atomic E-state index is 12.8. The van der Waals surface area contributed by atoms with Gasteiger partial charge in [-0.2, -0.15) is 4.31 Å². The highest BCUT2D eigenvalue weighted by atomic mass is 32.2. The average Bonchev–Trinajstić information content (AvgIpc) is 3.25. The second-order valence-electron chi connectivity index (χ2n) is 7.32. The first-order chi connectivity index (χ1) is 11.6. The number of rotatable bonds is 3. The van der Waals surface area contributed by atoms with E-state index in [0.29, 0.717) is 37.0 Å². The largest absolute Gasteiger partial charge is 0.340 e. The molecule has 0 radical (unpaired) electrons. The van der Waals surface area contributed by atoms with Crippen molar-refractivity contribution in [2.75, 3.05) is 26.2 Å². The third kappa shape index (κ3) is 2.75. The molecule has 0 spiro atoms. The molecule has 3 aliphatic rings. The zero-order valence-corrected chi connectivity index (χ0v) is 14.6. The first-order valence-corrected chi connectivity index (χ1v) is 10.3. The second kappa shape index (κ2) is 6.15. The molecule has 1 aliphatic heterocycles. The van der Waals surface area contributed by atoms with E-state index in [1.807, 2.05) is 11.0 Å². The highest BCUT2D eigenvalue weighted by molar-refractivity contribution is 7.89. The van der Waals surface area contributed by atoms with Crippen molar-refractivity contribution < 1.29 is 13.2 Å². The van der Waals surface area contributed by atoms with Crippen LogP contribution in [0.5, 0.6) is 0 Å². The summed E-state index contributed by atoms with van der Waals surface area (Å²) in [5, 5.41) is 0. The fourth-order valence-electron chi connectivity index (χ4n) is 4.67. The Balaban J connectivity index is 1.39. The first kappa shape index (κ1) is 16.1. The molecule has 1 amide bonds. The number of fused-ring (bicyclic) bond motifs is 2. The summed E-state index contributed by atoms with van der Waals surface area (Å²) >= 11 is 0. The van der Waals surface area contributed by atoms with E-state index in [1.54, 1.807) is 24.3 Å². The van der Waals surface area contributed by atoms with Crippen molar-refractivity contribution in [2.45, 2.75) is 30.6 Å². The van der Waals surface area contributed by atoms with Gasteiger partial charge < -0.3 is 4.90 Å². The van der Waals surface area contributed by atoms with Crippen LogP contribution in [0.25, 0.3) is 0 Å². The molecule has 3 atom stereocenters. The summed E-state index contributed by atoms with van der Waals surface area (Å²) in [4.78, 5) is 15.0. The molecule has 0 aromatic heterocycles. The number of hydrogen-bond acceptors (Lipinski definition) is 3. The predicted molar refractivity (Wildman–Crippen MR) is 90.7 cm³/mol. The molecule has 1 heterocycles. The van der Waals surface area contributed by atoms with Crippen molar-refractivity contribution >= 4 is 15.9 Å². The molecular weight excluding hydrogens is 324 g/mol. The summed E-state index contributed by atoms with van der Waals surface area (Å²) in [7, 11) is -3.44. The van der Waals surface area contributed by atoms with Crippen molar-refractivity contribution in [1.82, 2.24) is 9.21 Å². The monoisotopic (exact) mass is 348 g/mol. The van der Waals surface area contributed by atoms with Gasteiger partial charge in [-0.05, 0) is 43.2 Å². The lowest BCUT2D eigenvalue weighted by Gasteiger charge is -2.36. The van der Waals surface area contributed by atoms with Crippen LogP contribution in [-0.2, 0) is 14.8 Å². The molecule has 1 saturated heterocycles. The van der Waals surface area contributed by atoms with E-state index in [9.17, 15) is 13.2 Å². The summed E-state index contributed by atoms with van der Waals surface area (Å²) in [6.07, 6.45) is 4.76. The van der Waals surface area contributed by atoms with Gasteiger partial charge >= 0.3 is 0 Å². The molecule has 24 heavy (non-hydrogen) atoms. The van der Waals surface area contributed by atoms with Gasteiger partial charge in [-0.25, -0.2) is 8.42 Å². The number of sulfonamides is 1. The Hall–Kier alpha value is -1.40. The van der Waals surface area contributed by atoms with Gasteiger partial charge in [-0.1, -0.05) is 24.6 Å². The van der Waals surface area contributed by atoms with Gasteiger partial charge in [0.25, 0.3) is 0 Å². The molecule has 3 fully saturated rings. The number of hydrogen-bond donors (Lipinski definition) is 0. The molecule has 2 aliphatic carbocycles. The van der Waals surface area contributed by atoms with Gasteiger partial charge in [0, 0.05) is 32.1 Å². The minimum atomic E-state index is -3.44. The van der Waals surface area contributed by atoms with E-state index >= 15 is 0 Å². The minimum absolute atomic E-state index is 0.195. The van der Waals surface area contributed by atoms with Crippen molar-refractivity contribution in [3.05, 3.63) is 30.3 Å². The minimum Gasteiger partial charge on any atom is -0.340 e. The Morgan fingerprint density at radius 2 is 1.67 bits per heavy atom. The summed E-state index contributed by atoms with van der Waals surface area (Å²) in [6, 6.07) is 8.54. The van der Waals surface area contributed by atoms with Crippen molar-refractivity contribution in [2.24, 2.45) is 17.8 Å². The number of benzene rings is 1. The van der Waals surface area contributed by atoms with Crippen molar-refractivity contribution in [1.29, 1.82) is 0 Å². The molecule has 1 aromatic rings. The Labute approximate surface area is 143 Å². The lowest BCUT2D eigenvalue weighted by molar-refractivity contribution is -0.138. The highest BCUT2D eigenvalue weighted by Crippen LogP contribution is 2.48. The van der Waals surface area contributed by atoms with E-state index in [2.05, 4.69) is 0 Å². The lowest BCUT2D eigenvalue weighted by atomic mass is 9.87. The van der Waals surface area contributed by atoms with Crippen LogP contribution in [0.1, 0.15) is 25.7 Å². The summed E-state index contributed by atoms with van der Waals surface area (Å²) in [5.41, 5.74) is 0. The van der Waals surface area contributed by atoms with Gasteiger partial charge in [0.15, 0.2) is 0 Å². The topological polar surface area (TPSA) is 57.7 Å². The highest BCUT2D eigenvalue weighted by Gasteiger charge is 2.45. The van der Waals surface area contributed by atoms with Gasteiger partial charge in [0.2, 0.25) is 15.9 Å². The van der Waals surface area contributed by atoms with Crippen LogP contribution in [0.15, 0.2) is 35.2 Å². The molecule has 2 saturated carbocycles. The molecule has 0 unspecified atom stereocenters. The molecule has 0 N–H and O–H groups in total. The third-order valence-corrected chi connectivity index (χ3v) is 7.90. The Kier molecular flexibility index (Phi) is 4.12. The summed E-state index contributed by atoms with van der Waals surface area (Å²) < 4.78 is 26.8. The van der Waals surface area contributed by atoms with Crippen LogP contribution < -0.4 is 0 Å². The summed E-state index contributed by atoms with van der Waals surface area (Å²) in [6.45, 7) is 1.81. The van der Waals surface area contributed by atoms with Crippen LogP contribution in [0, 0.1) is 17.8 Å². The fraction of sp³-hybridized carbons (Fsp3) is 0.611. The fourth-order valence-corrected chi connectivity index (χ4v) is 6.12. The number of nitrogens with zero attached hydrogens (tertiary/aromatic N) is 2. The van der Waals surface area contributed by atoms with Gasteiger partial charge in [0.05, 0.1) is 4.90 Å². The standard InChI is InChI=1S/C18H24N2O3S/c21-18(17-13-14-6-7-15(17)12-14)19-8-10-20(11-9-19)24(22,23)16-4-2-1-3-5-16/h1-5,14-15,17H,6-13H2/t14-,15-,17-/m0/s1. The number of carbonyl (C=O) groups is 1. The van der Waals surface area contributed by atoms with E-state index in [0.717, 1.165) is 12.3 Å². The molecule has 130 valence electrons. The first-order valence-electron chi connectivity index (χ1n) is 8.89. The van der Waals surface area contributed by atoms with Crippen LogP contribution in [-0.4, -0.2) is 49.7 Å². The van der Waals surface area contributed by atoms with E-state index < -0.39 is 10.0 Å². The Morgan fingerprint density at radius 1 is 0.958 bits per heavy atom. The normalized spacial score (nSPS) is 30.7. The smallest absolute Gasteiger partial charge is 0.243 e. The van der Waals surface area contributed by atoms with E-state index in [-0.39, 0.29) is 11.8 Å². The van der Waals surface area contributed by atoms with Gasteiger partial charge in [-0.3, -0.25) is 4.79 Å². The zero-order chi connectivity index (χ0) is 16.7.